The van der Waals surface area contributed by atoms with Gasteiger partial charge in [0.15, 0.2) is 0 Å². The molecule has 2 rings (SSSR count). The second-order valence-electron chi connectivity index (χ2n) is 6.30. The van der Waals surface area contributed by atoms with Crippen molar-refractivity contribution in [1.82, 2.24) is 4.90 Å². The highest BCUT2D eigenvalue weighted by atomic mass is 16.5. The molecule has 0 spiro atoms. The van der Waals surface area contributed by atoms with Gasteiger partial charge in [0.25, 0.3) is 0 Å². The van der Waals surface area contributed by atoms with Gasteiger partial charge in [-0.15, -0.1) is 0 Å². The summed E-state index contributed by atoms with van der Waals surface area (Å²) in [5.74, 6) is 0.801. The van der Waals surface area contributed by atoms with Crippen molar-refractivity contribution in [2.45, 2.75) is 70.4 Å². The predicted octanol–water partition coefficient (Wildman–Crippen LogP) is 2.79. The van der Waals surface area contributed by atoms with Gasteiger partial charge in [-0.2, -0.15) is 0 Å². The van der Waals surface area contributed by atoms with Crippen LogP contribution < -0.4 is 5.73 Å². The predicted molar refractivity (Wildman–Crippen MR) is 80.3 cm³/mol. The van der Waals surface area contributed by atoms with E-state index in [1.807, 2.05) is 0 Å². The van der Waals surface area contributed by atoms with E-state index in [0.29, 0.717) is 11.6 Å². The Bertz CT molecular complexity index is 263. The van der Waals surface area contributed by atoms with E-state index in [0.717, 1.165) is 19.1 Å². The molecule has 1 aliphatic carbocycles. The summed E-state index contributed by atoms with van der Waals surface area (Å²) in [6.07, 6.45) is 9.58. The lowest BCUT2D eigenvalue weighted by Gasteiger charge is -2.53. The first kappa shape index (κ1) is 15.3. The van der Waals surface area contributed by atoms with Gasteiger partial charge in [0.1, 0.15) is 0 Å². The van der Waals surface area contributed by atoms with Crippen molar-refractivity contribution in [3.8, 4) is 0 Å². The molecule has 0 radical (unpaired) electrons. The fraction of sp³-hybridized carbons (Fsp3) is 1.00. The third kappa shape index (κ3) is 3.14. The SMILES string of the molecule is CCOC1CCN(C2(CN)CCCCC2CC)CC1. The average Bonchev–Trinajstić information content (AvgIpc) is 2.48. The summed E-state index contributed by atoms with van der Waals surface area (Å²) < 4.78 is 5.78. The number of nitrogens with zero attached hydrogens (tertiary/aromatic N) is 1. The molecule has 1 aliphatic heterocycles. The maximum absolute atomic E-state index is 6.26. The van der Waals surface area contributed by atoms with E-state index in [9.17, 15) is 0 Å². The highest BCUT2D eigenvalue weighted by molar-refractivity contribution is 5.00. The molecule has 2 unspecified atom stereocenters. The maximum Gasteiger partial charge on any atom is 0.0599 e. The minimum absolute atomic E-state index is 0.296. The van der Waals surface area contributed by atoms with Gasteiger partial charge in [0.05, 0.1) is 6.10 Å². The lowest BCUT2D eigenvalue weighted by Crippen LogP contribution is -2.62. The number of piperidine rings is 1. The summed E-state index contributed by atoms with van der Waals surface area (Å²) >= 11 is 0. The lowest BCUT2D eigenvalue weighted by molar-refractivity contribution is -0.0511. The third-order valence-electron chi connectivity index (χ3n) is 5.49. The van der Waals surface area contributed by atoms with Crippen LogP contribution in [0, 0.1) is 5.92 Å². The Morgan fingerprint density at radius 2 is 1.89 bits per heavy atom. The minimum atomic E-state index is 0.296. The van der Waals surface area contributed by atoms with Crippen LogP contribution in [-0.4, -0.2) is 42.8 Å². The molecular weight excluding hydrogens is 236 g/mol. The lowest BCUT2D eigenvalue weighted by atomic mass is 9.69. The van der Waals surface area contributed by atoms with Crippen molar-refractivity contribution in [3.05, 3.63) is 0 Å². The van der Waals surface area contributed by atoms with Crippen LogP contribution in [0.25, 0.3) is 0 Å². The van der Waals surface area contributed by atoms with Crippen molar-refractivity contribution >= 4 is 0 Å². The van der Waals surface area contributed by atoms with Gasteiger partial charge >= 0.3 is 0 Å². The summed E-state index contributed by atoms with van der Waals surface area (Å²) in [5.41, 5.74) is 6.55. The van der Waals surface area contributed by atoms with Crippen molar-refractivity contribution in [2.75, 3.05) is 26.2 Å². The molecule has 1 heterocycles. The standard InChI is InChI=1S/C16H32N2O/c1-3-14-7-5-6-10-16(14,13-17)18-11-8-15(9-12-18)19-4-2/h14-15H,3-13,17H2,1-2H3. The first-order valence-electron chi connectivity index (χ1n) is 8.33. The normalized spacial score (nSPS) is 34.6. The van der Waals surface area contributed by atoms with Gasteiger partial charge in [0, 0.05) is 31.8 Å². The Hall–Kier alpha value is -0.120. The monoisotopic (exact) mass is 268 g/mol. The molecule has 19 heavy (non-hydrogen) atoms. The van der Waals surface area contributed by atoms with E-state index >= 15 is 0 Å². The topological polar surface area (TPSA) is 38.5 Å². The van der Waals surface area contributed by atoms with Gasteiger partial charge in [0.2, 0.25) is 0 Å². The maximum atomic E-state index is 6.26. The Morgan fingerprint density at radius 1 is 1.16 bits per heavy atom. The molecule has 0 amide bonds. The van der Waals surface area contributed by atoms with Gasteiger partial charge in [-0.1, -0.05) is 26.2 Å². The minimum Gasteiger partial charge on any atom is -0.378 e. The largest absolute Gasteiger partial charge is 0.378 e. The molecule has 3 heteroatoms. The third-order valence-corrected chi connectivity index (χ3v) is 5.49. The van der Waals surface area contributed by atoms with E-state index in [4.69, 9.17) is 10.5 Å². The zero-order chi connectivity index (χ0) is 13.7. The summed E-state index contributed by atoms with van der Waals surface area (Å²) in [4.78, 5) is 2.72. The number of hydrogen-bond acceptors (Lipinski definition) is 3. The van der Waals surface area contributed by atoms with Crippen LogP contribution in [0.15, 0.2) is 0 Å². The molecule has 2 fully saturated rings. The molecule has 2 N–H and O–H groups in total. The van der Waals surface area contributed by atoms with Crippen molar-refractivity contribution in [1.29, 1.82) is 0 Å². The molecule has 3 nitrogen and oxygen atoms in total. The molecule has 0 aromatic heterocycles. The molecule has 112 valence electrons. The van der Waals surface area contributed by atoms with Crippen molar-refractivity contribution < 1.29 is 4.74 Å². The first-order valence-corrected chi connectivity index (χ1v) is 8.33. The Morgan fingerprint density at radius 3 is 2.47 bits per heavy atom. The number of hydrogen-bond donors (Lipinski definition) is 1. The van der Waals surface area contributed by atoms with Crippen LogP contribution in [0.4, 0.5) is 0 Å². The van der Waals surface area contributed by atoms with Crippen LogP contribution in [0.1, 0.15) is 58.8 Å². The van der Waals surface area contributed by atoms with Crippen molar-refractivity contribution in [2.24, 2.45) is 11.7 Å². The average molecular weight is 268 g/mol. The van der Waals surface area contributed by atoms with E-state index in [2.05, 4.69) is 18.7 Å². The van der Waals surface area contributed by atoms with Gasteiger partial charge in [-0.25, -0.2) is 0 Å². The summed E-state index contributed by atoms with van der Waals surface area (Å²) in [6.45, 7) is 8.49. The zero-order valence-corrected chi connectivity index (χ0v) is 12.9. The Labute approximate surface area is 118 Å². The fourth-order valence-electron chi connectivity index (χ4n) is 4.40. The Balaban J connectivity index is 2.01. The van der Waals surface area contributed by atoms with Crippen molar-refractivity contribution in [3.63, 3.8) is 0 Å². The fourth-order valence-corrected chi connectivity index (χ4v) is 4.40. The molecule has 2 aliphatic rings. The second kappa shape index (κ2) is 7.05. The van der Waals surface area contributed by atoms with Crippen LogP contribution in [0.3, 0.4) is 0 Å². The van der Waals surface area contributed by atoms with E-state index < -0.39 is 0 Å². The number of ether oxygens (including phenoxy) is 1. The van der Waals surface area contributed by atoms with Gasteiger partial charge in [-0.3, -0.25) is 4.90 Å². The van der Waals surface area contributed by atoms with Crippen LogP contribution >= 0.6 is 0 Å². The highest BCUT2D eigenvalue weighted by Gasteiger charge is 2.44. The summed E-state index contributed by atoms with van der Waals surface area (Å²) in [7, 11) is 0. The molecule has 0 aromatic carbocycles. The van der Waals surface area contributed by atoms with E-state index in [1.165, 1.54) is 58.0 Å². The quantitative estimate of drug-likeness (QED) is 0.833. The molecule has 1 saturated heterocycles. The van der Waals surface area contributed by atoms with Gasteiger partial charge < -0.3 is 10.5 Å². The highest BCUT2D eigenvalue weighted by Crippen LogP contribution is 2.41. The van der Waals surface area contributed by atoms with Crippen LogP contribution in [0.5, 0.6) is 0 Å². The first-order chi connectivity index (χ1) is 9.26. The summed E-state index contributed by atoms with van der Waals surface area (Å²) in [6, 6.07) is 0. The Kier molecular flexibility index (Phi) is 5.67. The summed E-state index contributed by atoms with van der Waals surface area (Å²) in [5, 5.41) is 0. The zero-order valence-electron chi connectivity index (χ0n) is 12.9. The second-order valence-corrected chi connectivity index (χ2v) is 6.30. The molecule has 0 bridgehead atoms. The van der Waals surface area contributed by atoms with Crippen LogP contribution in [0.2, 0.25) is 0 Å². The molecular formula is C16H32N2O. The molecule has 0 aromatic rings. The number of nitrogens with two attached hydrogens (primary N) is 1. The van der Waals surface area contributed by atoms with E-state index in [-0.39, 0.29) is 0 Å². The number of likely N-dealkylation sites (tertiary alicyclic amines) is 1. The molecule has 1 saturated carbocycles. The molecule has 2 atom stereocenters. The van der Waals surface area contributed by atoms with E-state index in [1.54, 1.807) is 0 Å². The smallest absolute Gasteiger partial charge is 0.0599 e. The van der Waals surface area contributed by atoms with Gasteiger partial charge in [-0.05, 0) is 38.5 Å². The van der Waals surface area contributed by atoms with Crippen LogP contribution in [-0.2, 0) is 4.74 Å². The number of rotatable bonds is 5.